The molecule has 0 heterocycles. The molecule has 1 fully saturated rings. The Bertz CT molecular complexity index is 419. The van der Waals surface area contributed by atoms with Gasteiger partial charge in [0.15, 0.2) is 0 Å². The Labute approximate surface area is 114 Å². The van der Waals surface area contributed by atoms with Gasteiger partial charge in [0.2, 0.25) is 0 Å². The average Bonchev–Trinajstić information content (AvgIpc) is 2.46. The van der Waals surface area contributed by atoms with Crippen LogP contribution in [-0.2, 0) is 0 Å². The Morgan fingerprint density at radius 3 is 2.89 bits per heavy atom. The highest BCUT2D eigenvalue weighted by Gasteiger charge is 2.30. The maximum Gasteiger partial charge on any atom is 0.132 e. The summed E-state index contributed by atoms with van der Waals surface area (Å²) in [6.45, 7) is 2.18. The van der Waals surface area contributed by atoms with Crippen LogP contribution < -0.4 is 4.74 Å². The van der Waals surface area contributed by atoms with Crippen LogP contribution in [0.15, 0.2) is 18.2 Å². The van der Waals surface area contributed by atoms with Gasteiger partial charge in [0.1, 0.15) is 11.6 Å². The first kappa shape index (κ1) is 14.3. The predicted molar refractivity (Wildman–Crippen MR) is 73.7 cm³/mol. The van der Waals surface area contributed by atoms with Gasteiger partial charge in [0.05, 0.1) is 18.8 Å². The molecule has 1 aliphatic carbocycles. The summed E-state index contributed by atoms with van der Waals surface area (Å²) >= 11 is 0. The lowest BCUT2D eigenvalue weighted by Gasteiger charge is -2.32. The molecule has 0 saturated heterocycles. The van der Waals surface area contributed by atoms with Gasteiger partial charge >= 0.3 is 0 Å². The first-order valence-electron chi connectivity index (χ1n) is 7.17. The highest BCUT2D eigenvalue weighted by Crippen LogP contribution is 2.41. The highest BCUT2D eigenvalue weighted by molar-refractivity contribution is 5.36. The standard InChI is InChI=1S/C16H23FO2/c1-3-11-6-4-7-12(10-11)16(18)15-13(17)8-5-9-14(15)19-2/h5,8-9,11-12,16,18H,3-4,6-7,10H2,1-2H3. The lowest BCUT2D eigenvalue weighted by atomic mass is 9.76. The molecular weight excluding hydrogens is 243 g/mol. The fourth-order valence-electron chi connectivity index (χ4n) is 3.21. The predicted octanol–water partition coefficient (Wildman–Crippen LogP) is 4.08. The van der Waals surface area contributed by atoms with Crippen molar-refractivity contribution in [2.45, 2.75) is 45.1 Å². The molecule has 1 N–H and O–H groups in total. The summed E-state index contributed by atoms with van der Waals surface area (Å²) < 4.78 is 19.2. The summed E-state index contributed by atoms with van der Waals surface area (Å²) in [6, 6.07) is 4.71. The quantitative estimate of drug-likeness (QED) is 0.889. The van der Waals surface area contributed by atoms with Gasteiger partial charge in [-0.1, -0.05) is 32.3 Å². The molecule has 106 valence electrons. The highest BCUT2D eigenvalue weighted by atomic mass is 19.1. The lowest BCUT2D eigenvalue weighted by molar-refractivity contribution is 0.0629. The van der Waals surface area contributed by atoms with E-state index in [-0.39, 0.29) is 11.7 Å². The van der Waals surface area contributed by atoms with Gasteiger partial charge in [0, 0.05) is 0 Å². The minimum Gasteiger partial charge on any atom is -0.496 e. The number of aliphatic hydroxyl groups excluding tert-OH is 1. The Hall–Kier alpha value is -1.09. The van der Waals surface area contributed by atoms with E-state index in [4.69, 9.17) is 4.74 Å². The van der Waals surface area contributed by atoms with Crippen molar-refractivity contribution >= 4 is 0 Å². The van der Waals surface area contributed by atoms with E-state index in [1.54, 1.807) is 12.1 Å². The van der Waals surface area contributed by atoms with Crippen LogP contribution in [0.2, 0.25) is 0 Å². The van der Waals surface area contributed by atoms with E-state index in [0.29, 0.717) is 17.2 Å². The fourth-order valence-corrected chi connectivity index (χ4v) is 3.21. The average molecular weight is 266 g/mol. The molecule has 1 aromatic rings. The molecule has 2 nitrogen and oxygen atoms in total. The van der Waals surface area contributed by atoms with Crippen LogP contribution in [0.25, 0.3) is 0 Å². The SMILES string of the molecule is CCC1CCCC(C(O)c2c(F)cccc2OC)C1. The van der Waals surface area contributed by atoms with Crippen LogP contribution in [0.3, 0.4) is 0 Å². The second-order valence-electron chi connectivity index (χ2n) is 5.50. The number of hydrogen-bond acceptors (Lipinski definition) is 2. The minimum absolute atomic E-state index is 0.143. The van der Waals surface area contributed by atoms with Crippen LogP contribution in [0.4, 0.5) is 4.39 Å². The van der Waals surface area contributed by atoms with Crippen LogP contribution in [0, 0.1) is 17.7 Å². The van der Waals surface area contributed by atoms with E-state index >= 15 is 0 Å². The molecule has 3 heteroatoms. The number of methoxy groups -OCH3 is 1. The number of hydrogen-bond donors (Lipinski definition) is 1. The lowest BCUT2D eigenvalue weighted by Crippen LogP contribution is -2.22. The van der Waals surface area contributed by atoms with Crippen molar-refractivity contribution in [2.24, 2.45) is 11.8 Å². The maximum atomic E-state index is 14.0. The summed E-state index contributed by atoms with van der Waals surface area (Å²) in [7, 11) is 1.51. The number of ether oxygens (including phenoxy) is 1. The maximum absolute atomic E-state index is 14.0. The molecule has 0 aliphatic heterocycles. The van der Waals surface area contributed by atoms with Crippen molar-refractivity contribution in [2.75, 3.05) is 7.11 Å². The Balaban J connectivity index is 2.21. The summed E-state index contributed by atoms with van der Waals surface area (Å²) in [5, 5.41) is 10.5. The number of halogens is 1. The van der Waals surface area contributed by atoms with Crippen LogP contribution in [0.5, 0.6) is 5.75 Å². The first-order chi connectivity index (χ1) is 9.17. The molecule has 0 radical (unpaired) electrons. The van der Waals surface area contributed by atoms with Crippen molar-refractivity contribution < 1.29 is 14.2 Å². The van der Waals surface area contributed by atoms with Gasteiger partial charge in [-0.25, -0.2) is 4.39 Å². The smallest absolute Gasteiger partial charge is 0.132 e. The molecule has 0 spiro atoms. The van der Waals surface area contributed by atoms with Gasteiger partial charge < -0.3 is 9.84 Å². The molecule has 1 saturated carbocycles. The Morgan fingerprint density at radius 2 is 2.21 bits per heavy atom. The molecular formula is C16H23FO2. The summed E-state index contributed by atoms with van der Waals surface area (Å²) in [4.78, 5) is 0. The number of aliphatic hydroxyl groups is 1. The molecule has 1 aliphatic rings. The van der Waals surface area contributed by atoms with Gasteiger partial charge in [0.25, 0.3) is 0 Å². The van der Waals surface area contributed by atoms with Crippen LogP contribution >= 0.6 is 0 Å². The molecule has 0 aromatic heterocycles. The molecule has 3 atom stereocenters. The van der Waals surface area contributed by atoms with Crippen molar-refractivity contribution in [3.8, 4) is 5.75 Å². The summed E-state index contributed by atoms with van der Waals surface area (Å²) in [5.74, 6) is 0.882. The third-order valence-electron chi connectivity index (χ3n) is 4.38. The minimum atomic E-state index is -0.759. The van der Waals surface area contributed by atoms with Crippen LogP contribution in [-0.4, -0.2) is 12.2 Å². The third kappa shape index (κ3) is 3.08. The third-order valence-corrected chi connectivity index (χ3v) is 4.38. The Kier molecular flexibility index (Phi) is 4.81. The van der Waals surface area contributed by atoms with E-state index in [9.17, 15) is 9.50 Å². The van der Waals surface area contributed by atoms with Crippen molar-refractivity contribution in [3.05, 3.63) is 29.6 Å². The van der Waals surface area contributed by atoms with E-state index in [1.165, 1.54) is 19.6 Å². The molecule has 3 unspecified atom stereocenters. The second kappa shape index (κ2) is 6.38. The molecule has 1 aromatic carbocycles. The van der Waals surface area contributed by atoms with Gasteiger partial charge in [-0.2, -0.15) is 0 Å². The zero-order chi connectivity index (χ0) is 13.8. The van der Waals surface area contributed by atoms with Crippen molar-refractivity contribution in [1.82, 2.24) is 0 Å². The topological polar surface area (TPSA) is 29.5 Å². The fraction of sp³-hybridized carbons (Fsp3) is 0.625. The molecule has 0 amide bonds. The van der Waals surface area contributed by atoms with Crippen LogP contribution in [0.1, 0.15) is 50.7 Å². The summed E-state index contributed by atoms with van der Waals surface area (Å²) in [5.41, 5.74) is 0.326. The van der Waals surface area contributed by atoms with E-state index in [0.717, 1.165) is 25.7 Å². The van der Waals surface area contributed by atoms with Gasteiger partial charge in [-0.15, -0.1) is 0 Å². The number of benzene rings is 1. The van der Waals surface area contributed by atoms with E-state index in [1.807, 2.05) is 0 Å². The monoisotopic (exact) mass is 266 g/mol. The second-order valence-corrected chi connectivity index (χ2v) is 5.50. The van der Waals surface area contributed by atoms with E-state index in [2.05, 4.69) is 6.92 Å². The van der Waals surface area contributed by atoms with E-state index < -0.39 is 6.10 Å². The first-order valence-corrected chi connectivity index (χ1v) is 7.17. The zero-order valence-electron chi connectivity index (χ0n) is 11.7. The van der Waals surface area contributed by atoms with Gasteiger partial charge in [-0.05, 0) is 36.8 Å². The van der Waals surface area contributed by atoms with Crippen molar-refractivity contribution in [1.29, 1.82) is 0 Å². The molecule has 2 rings (SSSR count). The molecule has 19 heavy (non-hydrogen) atoms. The van der Waals surface area contributed by atoms with Crippen molar-refractivity contribution in [3.63, 3.8) is 0 Å². The largest absolute Gasteiger partial charge is 0.496 e. The zero-order valence-corrected chi connectivity index (χ0v) is 11.7. The molecule has 0 bridgehead atoms. The Morgan fingerprint density at radius 1 is 1.42 bits per heavy atom. The normalized spacial score (nSPS) is 25.1. The summed E-state index contributed by atoms with van der Waals surface area (Å²) in [6.07, 6.45) is 4.68. The number of rotatable bonds is 4. The van der Waals surface area contributed by atoms with Gasteiger partial charge in [-0.3, -0.25) is 0 Å².